The molecular weight excluding hydrogens is 157 g/mol. The zero-order valence-corrected chi connectivity index (χ0v) is 6.79. The van der Waals surface area contributed by atoms with Crippen molar-refractivity contribution in [1.29, 1.82) is 0 Å². The Labute approximate surface area is 71.1 Å². The second kappa shape index (κ2) is 4.72. The Bertz CT molecular complexity index is 240. The van der Waals surface area contributed by atoms with E-state index in [1.54, 1.807) is 18.2 Å². The summed E-state index contributed by atoms with van der Waals surface area (Å²) in [5.74, 6) is -0.0273. The minimum absolute atomic E-state index is 0.297. The van der Waals surface area contributed by atoms with Gasteiger partial charge in [-0.2, -0.15) is 0 Å². The maximum Gasteiger partial charge on any atom is 0.165 e. The molecule has 1 aromatic carbocycles. The summed E-state index contributed by atoms with van der Waals surface area (Å²) in [6, 6.07) is 6.34. The van der Waals surface area contributed by atoms with Gasteiger partial charge < -0.3 is 10.5 Å². The van der Waals surface area contributed by atoms with E-state index in [9.17, 15) is 4.39 Å². The molecule has 0 radical (unpaired) electrons. The third kappa shape index (κ3) is 2.51. The minimum Gasteiger partial charge on any atom is -0.490 e. The predicted octanol–water partition coefficient (Wildman–Crippen LogP) is 1.55. The van der Waals surface area contributed by atoms with Gasteiger partial charge in [0.15, 0.2) is 11.6 Å². The van der Waals surface area contributed by atoms with Gasteiger partial charge in [-0.05, 0) is 25.1 Å². The molecule has 0 aromatic heterocycles. The van der Waals surface area contributed by atoms with Gasteiger partial charge in [0, 0.05) is 0 Å². The van der Waals surface area contributed by atoms with Crippen molar-refractivity contribution in [2.75, 3.05) is 13.2 Å². The standard InChI is InChI=1S/C9H12FNO/c10-8-4-1-2-5-9(8)12-7-3-6-11/h1-2,4-5H,3,6-7,11H2. The molecule has 0 spiro atoms. The average molecular weight is 169 g/mol. The van der Waals surface area contributed by atoms with Gasteiger partial charge >= 0.3 is 0 Å². The van der Waals surface area contributed by atoms with E-state index < -0.39 is 0 Å². The Kier molecular flexibility index (Phi) is 3.54. The highest BCUT2D eigenvalue weighted by Crippen LogP contribution is 2.14. The maximum atomic E-state index is 12.9. The zero-order valence-electron chi connectivity index (χ0n) is 6.79. The fraction of sp³-hybridized carbons (Fsp3) is 0.333. The van der Waals surface area contributed by atoms with E-state index in [0.717, 1.165) is 6.42 Å². The summed E-state index contributed by atoms with van der Waals surface area (Å²) >= 11 is 0. The van der Waals surface area contributed by atoms with Crippen LogP contribution in [0.3, 0.4) is 0 Å². The summed E-state index contributed by atoms with van der Waals surface area (Å²) in [6.45, 7) is 1.03. The summed E-state index contributed by atoms with van der Waals surface area (Å²) in [7, 11) is 0. The molecule has 1 rings (SSSR count). The van der Waals surface area contributed by atoms with Gasteiger partial charge in [-0.25, -0.2) is 4.39 Å². The first kappa shape index (κ1) is 9.00. The fourth-order valence-electron chi connectivity index (χ4n) is 0.827. The van der Waals surface area contributed by atoms with Gasteiger partial charge in [0.2, 0.25) is 0 Å². The lowest BCUT2D eigenvalue weighted by molar-refractivity contribution is 0.298. The van der Waals surface area contributed by atoms with E-state index in [0.29, 0.717) is 18.9 Å². The van der Waals surface area contributed by atoms with Crippen LogP contribution in [0.5, 0.6) is 5.75 Å². The van der Waals surface area contributed by atoms with Crippen molar-refractivity contribution in [3.05, 3.63) is 30.1 Å². The molecule has 3 heteroatoms. The van der Waals surface area contributed by atoms with Crippen molar-refractivity contribution in [3.8, 4) is 5.75 Å². The third-order valence-corrected chi connectivity index (χ3v) is 1.44. The van der Waals surface area contributed by atoms with Crippen LogP contribution in [0.1, 0.15) is 6.42 Å². The maximum absolute atomic E-state index is 12.9. The van der Waals surface area contributed by atoms with E-state index in [-0.39, 0.29) is 5.82 Å². The summed E-state index contributed by atoms with van der Waals surface area (Å²) < 4.78 is 18.0. The van der Waals surface area contributed by atoms with Crippen LogP contribution in [0.25, 0.3) is 0 Å². The Balaban J connectivity index is 2.46. The summed E-state index contributed by atoms with van der Waals surface area (Å²) in [5.41, 5.74) is 5.26. The highest BCUT2D eigenvalue weighted by Gasteiger charge is 1.99. The van der Waals surface area contributed by atoms with Crippen LogP contribution in [0, 0.1) is 5.82 Å². The van der Waals surface area contributed by atoms with Crippen molar-refractivity contribution in [2.24, 2.45) is 5.73 Å². The van der Waals surface area contributed by atoms with Gasteiger partial charge in [0.05, 0.1) is 6.61 Å². The monoisotopic (exact) mass is 169 g/mol. The highest BCUT2D eigenvalue weighted by atomic mass is 19.1. The topological polar surface area (TPSA) is 35.2 Å². The van der Waals surface area contributed by atoms with Crippen molar-refractivity contribution in [1.82, 2.24) is 0 Å². The Morgan fingerprint density at radius 1 is 1.33 bits per heavy atom. The molecule has 0 aliphatic carbocycles. The number of nitrogens with two attached hydrogens (primary N) is 1. The van der Waals surface area contributed by atoms with Crippen LogP contribution < -0.4 is 10.5 Å². The number of hydrogen-bond acceptors (Lipinski definition) is 2. The van der Waals surface area contributed by atoms with Crippen LogP contribution in [0.15, 0.2) is 24.3 Å². The smallest absolute Gasteiger partial charge is 0.165 e. The van der Waals surface area contributed by atoms with Crippen LogP contribution in [-0.4, -0.2) is 13.2 Å². The first-order chi connectivity index (χ1) is 5.84. The van der Waals surface area contributed by atoms with Gasteiger partial charge in [0.1, 0.15) is 0 Å². The molecule has 0 saturated heterocycles. The van der Waals surface area contributed by atoms with E-state index in [2.05, 4.69) is 0 Å². The van der Waals surface area contributed by atoms with Gasteiger partial charge in [-0.1, -0.05) is 12.1 Å². The summed E-state index contributed by atoms with van der Waals surface area (Å²) in [4.78, 5) is 0. The first-order valence-corrected chi connectivity index (χ1v) is 3.92. The van der Waals surface area contributed by atoms with Crippen molar-refractivity contribution < 1.29 is 9.13 Å². The third-order valence-electron chi connectivity index (χ3n) is 1.44. The molecule has 0 aliphatic rings. The molecule has 1 aromatic rings. The molecule has 0 atom stereocenters. The molecule has 0 bridgehead atoms. The molecule has 0 fully saturated rings. The minimum atomic E-state index is -0.325. The molecule has 0 heterocycles. The molecule has 2 N–H and O–H groups in total. The molecule has 0 aliphatic heterocycles. The quantitative estimate of drug-likeness (QED) is 0.694. The van der Waals surface area contributed by atoms with Crippen LogP contribution in [0.2, 0.25) is 0 Å². The normalized spacial score (nSPS) is 9.83. The second-order valence-corrected chi connectivity index (χ2v) is 2.42. The van der Waals surface area contributed by atoms with Crippen LogP contribution in [0.4, 0.5) is 4.39 Å². The molecular formula is C9H12FNO. The number of hydrogen-bond donors (Lipinski definition) is 1. The van der Waals surface area contributed by atoms with Gasteiger partial charge in [0.25, 0.3) is 0 Å². The van der Waals surface area contributed by atoms with Crippen molar-refractivity contribution >= 4 is 0 Å². The molecule has 12 heavy (non-hydrogen) atoms. The summed E-state index contributed by atoms with van der Waals surface area (Å²) in [6.07, 6.45) is 0.744. The SMILES string of the molecule is NCCCOc1ccccc1F. The van der Waals surface area contributed by atoms with Crippen molar-refractivity contribution in [3.63, 3.8) is 0 Å². The van der Waals surface area contributed by atoms with Crippen molar-refractivity contribution in [2.45, 2.75) is 6.42 Å². The van der Waals surface area contributed by atoms with Gasteiger partial charge in [-0.15, -0.1) is 0 Å². The Morgan fingerprint density at radius 2 is 2.08 bits per heavy atom. The Morgan fingerprint density at radius 3 is 2.75 bits per heavy atom. The van der Waals surface area contributed by atoms with Crippen LogP contribution >= 0.6 is 0 Å². The first-order valence-electron chi connectivity index (χ1n) is 3.92. The predicted molar refractivity (Wildman–Crippen MR) is 45.6 cm³/mol. The molecule has 66 valence electrons. The number of benzene rings is 1. The summed E-state index contributed by atoms with van der Waals surface area (Å²) in [5, 5.41) is 0. The average Bonchev–Trinajstić information content (AvgIpc) is 2.09. The van der Waals surface area contributed by atoms with E-state index in [4.69, 9.17) is 10.5 Å². The number of rotatable bonds is 4. The largest absolute Gasteiger partial charge is 0.490 e. The molecule has 0 unspecified atom stereocenters. The molecule has 2 nitrogen and oxygen atoms in total. The van der Waals surface area contributed by atoms with Crippen LogP contribution in [-0.2, 0) is 0 Å². The zero-order chi connectivity index (χ0) is 8.81. The number of ether oxygens (including phenoxy) is 1. The lowest BCUT2D eigenvalue weighted by atomic mass is 10.3. The molecule has 0 amide bonds. The van der Waals surface area contributed by atoms with Gasteiger partial charge in [-0.3, -0.25) is 0 Å². The highest BCUT2D eigenvalue weighted by molar-refractivity contribution is 5.23. The lowest BCUT2D eigenvalue weighted by Crippen LogP contribution is -2.06. The Hall–Kier alpha value is -1.09. The number of para-hydroxylation sites is 1. The van der Waals surface area contributed by atoms with E-state index in [1.165, 1.54) is 6.07 Å². The number of halogens is 1. The van der Waals surface area contributed by atoms with E-state index >= 15 is 0 Å². The molecule has 0 saturated carbocycles. The fourth-order valence-corrected chi connectivity index (χ4v) is 0.827. The second-order valence-electron chi connectivity index (χ2n) is 2.42. The lowest BCUT2D eigenvalue weighted by Gasteiger charge is -2.04. The van der Waals surface area contributed by atoms with E-state index in [1.807, 2.05) is 0 Å².